The first kappa shape index (κ1) is 14.0. The van der Waals surface area contributed by atoms with Gasteiger partial charge in [-0.3, -0.25) is 4.79 Å². The lowest BCUT2D eigenvalue weighted by Crippen LogP contribution is -2.06. The van der Waals surface area contributed by atoms with Gasteiger partial charge in [0, 0.05) is 12.7 Å². The maximum Gasteiger partial charge on any atom is 0.175 e. The van der Waals surface area contributed by atoms with Crippen LogP contribution in [0, 0.1) is 0 Å². The minimum absolute atomic E-state index is 0.426. The Bertz CT molecular complexity index is 379. The standard InChI is InChI=1S/C12H15BrO4/c1-3-16-11-7-9(8-14)6-10(13)12(11)17-5-4-15-2/h6-8H,3-5H2,1-2H3. The lowest BCUT2D eigenvalue weighted by Gasteiger charge is -2.13. The van der Waals surface area contributed by atoms with Gasteiger partial charge in [0.05, 0.1) is 17.7 Å². The summed E-state index contributed by atoms with van der Waals surface area (Å²) in [5.41, 5.74) is 0.541. The largest absolute Gasteiger partial charge is 0.490 e. The van der Waals surface area contributed by atoms with Crippen molar-refractivity contribution in [2.75, 3.05) is 26.9 Å². The number of hydrogen-bond acceptors (Lipinski definition) is 4. The van der Waals surface area contributed by atoms with Gasteiger partial charge >= 0.3 is 0 Å². The summed E-state index contributed by atoms with van der Waals surface area (Å²) < 4.78 is 16.6. The third-order valence-electron chi connectivity index (χ3n) is 2.00. The van der Waals surface area contributed by atoms with Crippen molar-refractivity contribution in [3.8, 4) is 11.5 Å². The fraction of sp³-hybridized carbons (Fsp3) is 0.417. The third-order valence-corrected chi connectivity index (χ3v) is 2.59. The number of hydrogen-bond donors (Lipinski definition) is 0. The average Bonchev–Trinajstić information content (AvgIpc) is 2.32. The number of aldehydes is 1. The van der Waals surface area contributed by atoms with Gasteiger partial charge in [-0.05, 0) is 35.0 Å². The van der Waals surface area contributed by atoms with Crippen molar-refractivity contribution in [3.63, 3.8) is 0 Å². The molecule has 5 heteroatoms. The van der Waals surface area contributed by atoms with Crippen molar-refractivity contribution in [2.24, 2.45) is 0 Å². The van der Waals surface area contributed by atoms with Crippen molar-refractivity contribution in [1.29, 1.82) is 0 Å². The molecule has 0 bridgehead atoms. The van der Waals surface area contributed by atoms with E-state index in [2.05, 4.69) is 15.9 Å². The monoisotopic (exact) mass is 302 g/mol. The summed E-state index contributed by atoms with van der Waals surface area (Å²) in [5.74, 6) is 1.15. The van der Waals surface area contributed by atoms with Crippen LogP contribution in [0.1, 0.15) is 17.3 Å². The molecule has 0 unspecified atom stereocenters. The first-order valence-corrected chi connectivity index (χ1v) is 6.05. The van der Waals surface area contributed by atoms with E-state index >= 15 is 0 Å². The fourth-order valence-corrected chi connectivity index (χ4v) is 1.86. The molecule has 17 heavy (non-hydrogen) atoms. The minimum Gasteiger partial charge on any atom is -0.490 e. The number of carbonyl (C=O) groups is 1. The summed E-state index contributed by atoms with van der Waals surface area (Å²) in [6.07, 6.45) is 0.770. The molecule has 0 aliphatic rings. The SMILES string of the molecule is CCOc1cc(C=O)cc(Br)c1OCCOC. The normalized spacial score (nSPS) is 10.1. The van der Waals surface area contributed by atoms with Gasteiger partial charge in [-0.25, -0.2) is 0 Å². The Hall–Kier alpha value is -1.07. The van der Waals surface area contributed by atoms with E-state index < -0.39 is 0 Å². The van der Waals surface area contributed by atoms with Gasteiger partial charge in [-0.15, -0.1) is 0 Å². The van der Waals surface area contributed by atoms with Crippen molar-refractivity contribution < 1.29 is 19.0 Å². The van der Waals surface area contributed by atoms with Crippen LogP contribution in [0.15, 0.2) is 16.6 Å². The number of benzene rings is 1. The molecule has 94 valence electrons. The highest BCUT2D eigenvalue weighted by atomic mass is 79.9. The summed E-state index contributed by atoms with van der Waals surface area (Å²) in [6.45, 7) is 3.30. The molecular weight excluding hydrogens is 288 g/mol. The van der Waals surface area contributed by atoms with Crippen molar-refractivity contribution in [2.45, 2.75) is 6.92 Å². The zero-order chi connectivity index (χ0) is 12.7. The second-order valence-electron chi connectivity index (χ2n) is 3.22. The quantitative estimate of drug-likeness (QED) is 0.574. The van der Waals surface area contributed by atoms with E-state index in [4.69, 9.17) is 14.2 Å². The molecule has 0 N–H and O–H groups in total. The Morgan fingerprint density at radius 3 is 2.65 bits per heavy atom. The zero-order valence-corrected chi connectivity index (χ0v) is 11.5. The van der Waals surface area contributed by atoms with Crippen LogP contribution in [0.25, 0.3) is 0 Å². The lowest BCUT2D eigenvalue weighted by atomic mass is 10.2. The Morgan fingerprint density at radius 1 is 1.29 bits per heavy atom. The van der Waals surface area contributed by atoms with Crippen LogP contribution in [-0.4, -0.2) is 33.2 Å². The molecule has 0 saturated carbocycles. The molecule has 0 atom stereocenters. The molecule has 0 spiro atoms. The van der Waals surface area contributed by atoms with Crippen LogP contribution in [0.3, 0.4) is 0 Å². The first-order chi connectivity index (χ1) is 8.22. The topological polar surface area (TPSA) is 44.8 Å². The molecular formula is C12H15BrO4. The number of halogens is 1. The van der Waals surface area contributed by atoms with E-state index in [0.717, 1.165) is 6.29 Å². The summed E-state index contributed by atoms with van der Waals surface area (Å²) in [6, 6.07) is 3.35. The molecule has 0 radical (unpaired) electrons. The summed E-state index contributed by atoms with van der Waals surface area (Å²) >= 11 is 3.36. The lowest BCUT2D eigenvalue weighted by molar-refractivity contribution is 0.112. The molecule has 1 aromatic carbocycles. The maximum absolute atomic E-state index is 10.7. The zero-order valence-electron chi connectivity index (χ0n) is 9.86. The van der Waals surface area contributed by atoms with Gasteiger partial charge in [0.2, 0.25) is 0 Å². The molecule has 0 aliphatic heterocycles. The van der Waals surface area contributed by atoms with E-state index in [1.807, 2.05) is 6.92 Å². The molecule has 0 amide bonds. The van der Waals surface area contributed by atoms with Gasteiger partial charge in [0.15, 0.2) is 11.5 Å². The van der Waals surface area contributed by atoms with Crippen LogP contribution in [0.4, 0.5) is 0 Å². The van der Waals surface area contributed by atoms with E-state index in [9.17, 15) is 4.79 Å². The van der Waals surface area contributed by atoms with Gasteiger partial charge < -0.3 is 14.2 Å². The highest BCUT2D eigenvalue weighted by Crippen LogP contribution is 2.36. The van der Waals surface area contributed by atoms with Crippen LogP contribution in [0.5, 0.6) is 11.5 Å². The molecule has 0 fully saturated rings. The predicted octanol–water partition coefficient (Wildman–Crippen LogP) is 2.69. The van der Waals surface area contributed by atoms with Gasteiger partial charge in [-0.1, -0.05) is 0 Å². The molecule has 0 saturated heterocycles. The molecule has 1 rings (SSSR count). The van der Waals surface area contributed by atoms with Crippen molar-refractivity contribution >= 4 is 22.2 Å². The maximum atomic E-state index is 10.7. The summed E-state index contributed by atoms with van der Waals surface area (Å²) in [7, 11) is 1.61. The second kappa shape index (κ2) is 7.29. The Kier molecular flexibility index (Phi) is 6.00. The van der Waals surface area contributed by atoms with Gasteiger partial charge in [-0.2, -0.15) is 0 Å². The van der Waals surface area contributed by atoms with Crippen LogP contribution in [0.2, 0.25) is 0 Å². The van der Waals surface area contributed by atoms with Crippen LogP contribution < -0.4 is 9.47 Å². The van der Waals surface area contributed by atoms with Gasteiger partial charge in [0.25, 0.3) is 0 Å². The highest BCUT2D eigenvalue weighted by molar-refractivity contribution is 9.10. The summed E-state index contributed by atoms with van der Waals surface area (Å²) in [4.78, 5) is 10.7. The Balaban J connectivity index is 2.94. The molecule has 0 heterocycles. The van der Waals surface area contributed by atoms with Crippen LogP contribution >= 0.6 is 15.9 Å². The number of rotatable bonds is 7. The third kappa shape index (κ3) is 4.02. The Morgan fingerprint density at radius 2 is 2.06 bits per heavy atom. The second-order valence-corrected chi connectivity index (χ2v) is 4.08. The summed E-state index contributed by atoms with van der Waals surface area (Å²) in [5, 5.41) is 0. The van der Waals surface area contributed by atoms with Crippen LogP contribution in [-0.2, 0) is 4.74 Å². The smallest absolute Gasteiger partial charge is 0.175 e. The van der Waals surface area contributed by atoms with E-state index in [1.54, 1.807) is 19.2 Å². The number of methoxy groups -OCH3 is 1. The molecule has 4 nitrogen and oxygen atoms in total. The first-order valence-electron chi connectivity index (χ1n) is 5.26. The van der Waals surface area contributed by atoms with Crippen molar-refractivity contribution in [3.05, 3.63) is 22.2 Å². The highest BCUT2D eigenvalue weighted by Gasteiger charge is 2.11. The van der Waals surface area contributed by atoms with Crippen molar-refractivity contribution in [1.82, 2.24) is 0 Å². The van der Waals surface area contributed by atoms with E-state index in [0.29, 0.717) is 41.4 Å². The molecule has 1 aromatic rings. The minimum atomic E-state index is 0.426. The van der Waals surface area contributed by atoms with E-state index in [1.165, 1.54) is 0 Å². The molecule has 0 aliphatic carbocycles. The molecule has 0 aromatic heterocycles. The predicted molar refractivity (Wildman–Crippen MR) is 68.1 cm³/mol. The van der Waals surface area contributed by atoms with E-state index in [-0.39, 0.29) is 0 Å². The average molecular weight is 303 g/mol. The fourth-order valence-electron chi connectivity index (χ4n) is 1.29. The Labute approximate surface area is 109 Å². The number of ether oxygens (including phenoxy) is 3. The van der Waals surface area contributed by atoms with Gasteiger partial charge in [0.1, 0.15) is 12.9 Å². The number of carbonyl (C=O) groups excluding carboxylic acids is 1.